The van der Waals surface area contributed by atoms with Crippen molar-refractivity contribution in [2.45, 2.75) is 26.7 Å². The Labute approximate surface area is 108 Å². The molecule has 0 fully saturated rings. The Balaban J connectivity index is 2.21. The summed E-state index contributed by atoms with van der Waals surface area (Å²) in [5.41, 5.74) is 1.92. The maximum absolute atomic E-state index is 11.5. The molecule has 93 valence electrons. The number of rotatable bonds is 3. The van der Waals surface area contributed by atoms with Crippen molar-refractivity contribution >= 4 is 0 Å². The number of benzene rings is 2. The minimum Gasteiger partial charge on any atom is -0.457 e. The molecule has 0 aliphatic carbocycles. The Kier molecular flexibility index (Phi) is 3.56. The highest BCUT2D eigenvalue weighted by Gasteiger charge is 2.06. The van der Waals surface area contributed by atoms with Crippen molar-refractivity contribution in [3.8, 4) is 17.2 Å². The molecule has 0 N–H and O–H groups in total. The second kappa shape index (κ2) is 5.13. The molecule has 0 aromatic heterocycles. The molecular formula is C16H17O2. The Bertz CT molecular complexity index is 527. The highest BCUT2D eigenvalue weighted by atomic mass is 16.5. The molecule has 0 saturated carbocycles. The highest BCUT2D eigenvalue weighted by Crippen LogP contribution is 2.31. The van der Waals surface area contributed by atoms with Crippen LogP contribution in [0, 0.1) is 6.92 Å². The van der Waals surface area contributed by atoms with Gasteiger partial charge in [0.1, 0.15) is 11.5 Å². The number of hydrogen-bond acceptors (Lipinski definition) is 1. The van der Waals surface area contributed by atoms with Gasteiger partial charge in [-0.3, -0.25) is 5.11 Å². The van der Waals surface area contributed by atoms with Crippen LogP contribution < -0.4 is 4.74 Å². The van der Waals surface area contributed by atoms with E-state index in [1.807, 2.05) is 18.2 Å². The summed E-state index contributed by atoms with van der Waals surface area (Å²) >= 11 is 0. The molecule has 2 heteroatoms. The molecule has 2 aromatic rings. The lowest BCUT2D eigenvalue weighted by Crippen LogP contribution is -1.90. The smallest absolute Gasteiger partial charge is 0.185 e. The number of hydrogen-bond donors (Lipinski definition) is 0. The summed E-state index contributed by atoms with van der Waals surface area (Å²) in [5, 5.41) is 11.5. The predicted molar refractivity (Wildman–Crippen MR) is 71.9 cm³/mol. The van der Waals surface area contributed by atoms with Crippen LogP contribution in [-0.2, 0) is 5.11 Å². The van der Waals surface area contributed by atoms with Gasteiger partial charge in [0.2, 0.25) is 0 Å². The lowest BCUT2D eigenvalue weighted by molar-refractivity contribution is 0.348. The second-order valence-electron chi connectivity index (χ2n) is 4.71. The summed E-state index contributed by atoms with van der Waals surface area (Å²) in [6, 6.07) is 13.1. The van der Waals surface area contributed by atoms with Gasteiger partial charge < -0.3 is 4.74 Å². The molecule has 2 rings (SSSR count). The summed E-state index contributed by atoms with van der Waals surface area (Å²) in [6.07, 6.45) is 0. The van der Waals surface area contributed by atoms with E-state index >= 15 is 0 Å². The Morgan fingerprint density at radius 3 is 2.28 bits per heavy atom. The van der Waals surface area contributed by atoms with Gasteiger partial charge in [-0.15, -0.1) is 0 Å². The Morgan fingerprint density at radius 2 is 1.67 bits per heavy atom. The van der Waals surface area contributed by atoms with Gasteiger partial charge in [-0.1, -0.05) is 32.0 Å². The van der Waals surface area contributed by atoms with Crippen molar-refractivity contribution in [2.75, 3.05) is 0 Å². The summed E-state index contributed by atoms with van der Waals surface area (Å²) in [7, 11) is 0. The van der Waals surface area contributed by atoms with Crippen LogP contribution in [0.1, 0.15) is 30.9 Å². The molecule has 18 heavy (non-hydrogen) atoms. The van der Waals surface area contributed by atoms with Crippen LogP contribution in [0.5, 0.6) is 17.2 Å². The first-order valence-electron chi connectivity index (χ1n) is 6.12. The van der Waals surface area contributed by atoms with Crippen molar-refractivity contribution in [2.24, 2.45) is 0 Å². The average molecular weight is 241 g/mol. The van der Waals surface area contributed by atoms with E-state index in [0.29, 0.717) is 17.2 Å². The molecule has 2 aromatic carbocycles. The van der Waals surface area contributed by atoms with Gasteiger partial charge in [-0.05, 0) is 42.7 Å². The molecular weight excluding hydrogens is 224 g/mol. The molecule has 0 aliphatic heterocycles. The van der Waals surface area contributed by atoms with Crippen LogP contribution >= 0.6 is 0 Å². The van der Waals surface area contributed by atoms with Gasteiger partial charge in [0.15, 0.2) is 5.75 Å². The van der Waals surface area contributed by atoms with E-state index in [1.165, 1.54) is 5.56 Å². The Hall–Kier alpha value is -1.96. The zero-order valence-electron chi connectivity index (χ0n) is 10.9. The van der Waals surface area contributed by atoms with Gasteiger partial charge in [-0.2, -0.15) is 0 Å². The van der Waals surface area contributed by atoms with Crippen molar-refractivity contribution in [3.63, 3.8) is 0 Å². The predicted octanol–water partition coefficient (Wildman–Crippen LogP) is 5.05. The molecule has 1 radical (unpaired) electrons. The lowest BCUT2D eigenvalue weighted by atomic mass is 10.0. The van der Waals surface area contributed by atoms with Gasteiger partial charge in [0.05, 0.1) is 0 Å². The Morgan fingerprint density at radius 1 is 1.00 bits per heavy atom. The second-order valence-corrected chi connectivity index (χ2v) is 4.71. The monoisotopic (exact) mass is 241 g/mol. The minimum atomic E-state index is 0.00583. The molecule has 0 aliphatic rings. The molecule has 0 saturated heterocycles. The van der Waals surface area contributed by atoms with Crippen LogP contribution in [0.3, 0.4) is 0 Å². The first-order valence-corrected chi connectivity index (χ1v) is 6.12. The molecule has 2 nitrogen and oxygen atoms in total. The SMILES string of the molecule is Cc1c([O])cccc1Oc1ccc(C(C)C)cc1. The van der Waals surface area contributed by atoms with Crippen molar-refractivity contribution in [1.82, 2.24) is 0 Å². The molecule has 0 atom stereocenters. The summed E-state index contributed by atoms with van der Waals surface area (Å²) < 4.78 is 5.72. The molecule has 0 heterocycles. The largest absolute Gasteiger partial charge is 0.457 e. The average Bonchev–Trinajstić information content (AvgIpc) is 2.36. The first kappa shape index (κ1) is 12.5. The van der Waals surface area contributed by atoms with Crippen LogP contribution in [0.4, 0.5) is 0 Å². The highest BCUT2D eigenvalue weighted by molar-refractivity contribution is 5.45. The van der Waals surface area contributed by atoms with Crippen molar-refractivity contribution in [1.29, 1.82) is 0 Å². The maximum Gasteiger partial charge on any atom is 0.185 e. The van der Waals surface area contributed by atoms with E-state index in [-0.39, 0.29) is 5.75 Å². The molecule has 0 bridgehead atoms. The van der Waals surface area contributed by atoms with E-state index in [0.717, 1.165) is 5.75 Å². The fourth-order valence-electron chi connectivity index (χ4n) is 1.75. The molecule has 0 amide bonds. The van der Waals surface area contributed by atoms with E-state index in [2.05, 4.69) is 26.0 Å². The summed E-state index contributed by atoms with van der Waals surface area (Å²) in [6.45, 7) is 6.09. The third kappa shape index (κ3) is 2.65. The third-order valence-electron chi connectivity index (χ3n) is 3.01. The third-order valence-corrected chi connectivity index (χ3v) is 3.01. The van der Waals surface area contributed by atoms with Crippen molar-refractivity contribution in [3.05, 3.63) is 53.6 Å². The molecule has 0 spiro atoms. The maximum atomic E-state index is 11.5. The first-order chi connectivity index (χ1) is 8.58. The van der Waals surface area contributed by atoms with E-state index in [9.17, 15) is 5.11 Å². The summed E-state index contributed by atoms with van der Waals surface area (Å²) in [5.74, 6) is 1.89. The van der Waals surface area contributed by atoms with Gasteiger partial charge in [0.25, 0.3) is 0 Å². The van der Waals surface area contributed by atoms with E-state index < -0.39 is 0 Å². The van der Waals surface area contributed by atoms with E-state index in [1.54, 1.807) is 19.1 Å². The summed E-state index contributed by atoms with van der Waals surface area (Å²) in [4.78, 5) is 0. The van der Waals surface area contributed by atoms with Gasteiger partial charge in [0, 0.05) is 5.56 Å². The van der Waals surface area contributed by atoms with Crippen LogP contribution in [0.2, 0.25) is 0 Å². The standard InChI is InChI=1S/C16H17O2/c1-11(2)13-7-9-14(10-8-13)18-16-6-4-5-15(17)12(16)3/h4-11H,1-3H3. The zero-order valence-corrected chi connectivity index (χ0v) is 10.9. The molecule has 0 unspecified atom stereocenters. The topological polar surface area (TPSA) is 29.1 Å². The fraction of sp³-hybridized carbons (Fsp3) is 0.250. The minimum absolute atomic E-state index is 0.00583. The fourth-order valence-corrected chi connectivity index (χ4v) is 1.75. The quantitative estimate of drug-likeness (QED) is 0.738. The zero-order chi connectivity index (χ0) is 13.1. The van der Waals surface area contributed by atoms with Crippen LogP contribution in [0.15, 0.2) is 42.5 Å². The van der Waals surface area contributed by atoms with Crippen molar-refractivity contribution < 1.29 is 9.84 Å². The van der Waals surface area contributed by atoms with Gasteiger partial charge >= 0.3 is 0 Å². The van der Waals surface area contributed by atoms with Crippen LogP contribution in [-0.4, -0.2) is 0 Å². The van der Waals surface area contributed by atoms with E-state index in [4.69, 9.17) is 4.74 Å². The van der Waals surface area contributed by atoms with Gasteiger partial charge in [-0.25, -0.2) is 0 Å². The normalized spacial score (nSPS) is 10.7. The van der Waals surface area contributed by atoms with Crippen LogP contribution in [0.25, 0.3) is 0 Å². The number of ether oxygens (including phenoxy) is 1. The lowest BCUT2D eigenvalue weighted by Gasteiger charge is -2.10.